The van der Waals surface area contributed by atoms with E-state index in [0.29, 0.717) is 5.41 Å². The van der Waals surface area contributed by atoms with Gasteiger partial charge in [-0.05, 0) is 31.2 Å². The highest BCUT2D eigenvalue weighted by atomic mass is 16.5. The summed E-state index contributed by atoms with van der Waals surface area (Å²) in [7, 11) is 0. The molecule has 86 valence electrons. The molecule has 0 fully saturated rings. The molecule has 0 rings (SSSR count). The van der Waals surface area contributed by atoms with Gasteiger partial charge < -0.3 is 10.5 Å². The molecule has 2 N–H and O–H groups in total. The van der Waals surface area contributed by atoms with Crippen molar-refractivity contribution in [3.8, 4) is 0 Å². The number of hydrogen-bond acceptors (Lipinski definition) is 2. The molecule has 0 aliphatic carbocycles. The lowest BCUT2D eigenvalue weighted by molar-refractivity contribution is 0.0859. The standard InChI is InChI=1S/C12H27NO/c1-4-10-14-11-8-12(5-2,6-3)7-9-13/h4-11,13H2,1-3H3. The number of rotatable bonds is 9. The summed E-state index contributed by atoms with van der Waals surface area (Å²) in [4.78, 5) is 0. The molecule has 2 heteroatoms. The maximum atomic E-state index is 5.66. The quantitative estimate of drug-likeness (QED) is 0.582. The lowest BCUT2D eigenvalue weighted by Crippen LogP contribution is -2.25. The van der Waals surface area contributed by atoms with Crippen molar-refractivity contribution in [2.75, 3.05) is 19.8 Å². The van der Waals surface area contributed by atoms with Crippen LogP contribution in [0.2, 0.25) is 0 Å². The molecular weight excluding hydrogens is 174 g/mol. The van der Waals surface area contributed by atoms with Crippen LogP contribution in [-0.2, 0) is 4.74 Å². The van der Waals surface area contributed by atoms with E-state index in [1.54, 1.807) is 0 Å². The third-order valence-electron chi connectivity index (χ3n) is 3.30. The molecule has 0 spiro atoms. The van der Waals surface area contributed by atoms with Gasteiger partial charge in [-0.25, -0.2) is 0 Å². The first kappa shape index (κ1) is 13.9. The van der Waals surface area contributed by atoms with Crippen LogP contribution in [0.1, 0.15) is 52.9 Å². The molecule has 0 bridgehead atoms. The summed E-state index contributed by atoms with van der Waals surface area (Å²) in [5, 5.41) is 0. The zero-order valence-electron chi connectivity index (χ0n) is 10.1. The number of nitrogens with two attached hydrogens (primary N) is 1. The third kappa shape index (κ3) is 4.97. The smallest absolute Gasteiger partial charge is 0.0471 e. The molecule has 0 aliphatic heterocycles. The van der Waals surface area contributed by atoms with E-state index in [2.05, 4.69) is 20.8 Å². The third-order valence-corrected chi connectivity index (χ3v) is 3.30. The molecule has 0 radical (unpaired) electrons. The van der Waals surface area contributed by atoms with Gasteiger partial charge >= 0.3 is 0 Å². The second-order valence-corrected chi connectivity index (χ2v) is 4.11. The van der Waals surface area contributed by atoms with Crippen LogP contribution in [-0.4, -0.2) is 19.8 Å². The summed E-state index contributed by atoms with van der Waals surface area (Å²) in [6, 6.07) is 0. The summed E-state index contributed by atoms with van der Waals surface area (Å²) in [6.07, 6.45) is 5.85. The van der Waals surface area contributed by atoms with E-state index < -0.39 is 0 Å². The van der Waals surface area contributed by atoms with Gasteiger partial charge in [-0.15, -0.1) is 0 Å². The largest absolute Gasteiger partial charge is 0.381 e. The molecule has 2 nitrogen and oxygen atoms in total. The Bertz CT molecular complexity index is 121. The van der Waals surface area contributed by atoms with Crippen molar-refractivity contribution in [1.82, 2.24) is 0 Å². The highest BCUT2D eigenvalue weighted by Crippen LogP contribution is 2.33. The fourth-order valence-electron chi connectivity index (χ4n) is 1.92. The van der Waals surface area contributed by atoms with Crippen molar-refractivity contribution in [3.63, 3.8) is 0 Å². The Hall–Kier alpha value is -0.0800. The van der Waals surface area contributed by atoms with Gasteiger partial charge in [0, 0.05) is 13.2 Å². The first-order chi connectivity index (χ1) is 6.74. The lowest BCUT2D eigenvalue weighted by atomic mass is 9.76. The minimum atomic E-state index is 0.433. The highest BCUT2D eigenvalue weighted by Gasteiger charge is 2.24. The normalized spacial score (nSPS) is 12.0. The Kier molecular flexibility index (Phi) is 8.20. The Morgan fingerprint density at radius 3 is 2.07 bits per heavy atom. The van der Waals surface area contributed by atoms with E-state index in [9.17, 15) is 0 Å². The van der Waals surface area contributed by atoms with Crippen molar-refractivity contribution < 1.29 is 4.74 Å². The van der Waals surface area contributed by atoms with Crippen LogP contribution in [0.4, 0.5) is 0 Å². The lowest BCUT2D eigenvalue weighted by Gasteiger charge is -2.31. The van der Waals surface area contributed by atoms with Gasteiger partial charge in [-0.2, -0.15) is 0 Å². The monoisotopic (exact) mass is 201 g/mol. The minimum absolute atomic E-state index is 0.433. The zero-order chi connectivity index (χ0) is 10.9. The molecule has 14 heavy (non-hydrogen) atoms. The summed E-state index contributed by atoms with van der Waals surface area (Å²) in [5.74, 6) is 0. The molecule has 0 heterocycles. The molecule has 0 aromatic heterocycles. The van der Waals surface area contributed by atoms with Crippen LogP contribution >= 0.6 is 0 Å². The first-order valence-electron chi connectivity index (χ1n) is 6.02. The molecule has 0 atom stereocenters. The Balaban J connectivity index is 3.82. The fourth-order valence-corrected chi connectivity index (χ4v) is 1.92. The predicted molar refractivity (Wildman–Crippen MR) is 62.4 cm³/mol. The van der Waals surface area contributed by atoms with Crippen molar-refractivity contribution in [2.45, 2.75) is 52.9 Å². The minimum Gasteiger partial charge on any atom is -0.381 e. The summed E-state index contributed by atoms with van der Waals surface area (Å²) in [6.45, 7) is 9.27. The molecule has 0 saturated carbocycles. The molecule has 0 aliphatic rings. The van der Waals surface area contributed by atoms with Gasteiger partial charge in [0.25, 0.3) is 0 Å². The van der Waals surface area contributed by atoms with Gasteiger partial charge in [-0.3, -0.25) is 0 Å². The second kappa shape index (κ2) is 8.25. The SMILES string of the molecule is CCCOCCC(CC)(CC)CCN. The fraction of sp³-hybridized carbons (Fsp3) is 1.00. The summed E-state index contributed by atoms with van der Waals surface area (Å²) >= 11 is 0. The molecule has 0 saturated heterocycles. The van der Waals surface area contributed by atoms with Crippen LogP contribution in [0.25, 0.3) is 0 Å². The van der Waals surface area contributed by atoms with Crippen LogP contribution < -0.4 is 5.73 Å². The van der Waals surface area contributed by atoms with Crippen molar-refractivity contribution in [1.29, 1.82) is 0 Å². The predicted octanol–water partition coefficient (Wildman–Crippen LogP) is 2.96. The van der Waals surface area contributed by atoms with Crippen LogP contribution in [0.15, 0.2) is 0 Å². The number of hydrogen-bond donors (Lipinski definition) is 1. The second-order valence-electron chi connectivity index (χ2n) is 4.11. The van der Waals surface area contributed by atoms with E-state index in [0.717, 1.165) is 39.0 Å². The maximum Gasteiger partial charge on any atom is 0.0471 e. The van der Waals surface area contributed by atoms with Crippen molar-refractivity contribution >= 4 is 0 Å². The molecule has 0 amide bonds. The average Bonchev–Trinajstić information content (AvgIpc) is 2.23. The van der Waals surface area contributed by atoms with Crippen molar-refractivity contribution in [2.24, 2.45) is 11.1 Å². The van der Waals surface area contributed by atoms with Gasteiger partial charge in [0.1, 0.15) is 0 Å². The Morgan fingerprint density at radius 2 is 1.64 bits per heavy atom. The van der Waals surface area contributed by atoms with E-state index in [-0.39, 0.29) is 0 Å². The van der Waals surface area contributed by atoms with Gasteiger partial charge in [0.15, 0.2) is 0 Å². The maximum absolute atomic E-state index is 5.66. The van der Waals surface area contributed by atoms with E-state index in [4.69, 9.17) is 10.5 Å². The topological polar surface area (TPSA) is 35.2 Å². The average molecular weight is 201 g/mol. The summed E-state index contributed by atoms with van der Waals surface area (Å²) < 4.78 is 5.55. The first-order valence-corrected chi connectivity index (χ1v) is 6.02. The molecular formula is C12H27NO. The van der Waals surface area contributed by atoms with E-state index in [1.807, 2.05) is 0 Å². The zero-order valence-corrected chi connectivity index (χ0v) is 10.1. The Morgan fingerprint density at radius 1 is 1.00 bits per heavy atom. The summed E-state index contributed by atoms with van der Waals surface area (Å²) in [5.41, 5.74) is 6.09. The van der Waals surface area contributed by atoms with Crippen molar-refractivity contribution in [3.05, 3.63) is 0 Å². The van der Waals surface area contributed by atoms with Gasteiger partial charge in [0.05, 0.1) is 0 Å². The van der Waals surface area contributed by atoms with Crippen LogP contribution in [0.5, 0.6) is 0 Å². The van der Waals surface area contributed by atoms with E-state index in [1.165, 1.54) is 12.8 Å². The van der Waals surface area contributed by atoms with Crippen LogP contribution in [0.3, 0.4) is 0 Å². The van der Waals surface area contributed by atoms with Gasteiger partial charge in [-0.1, -0.05) is 33.6 Å². The Labute approximate surface area is 89.2 Å². The molecule has 0 unspecified atom stereocenters. The van der Waals surface area contributed by atoms with E-state index >= 15 is 0 Å². The molecule has 0 aromatic rings. The van der Waals surface area contributed by atoms with Gasteiger partial charge in [0.2, 0.25) is 0 Å². The highest BCUT2D eigenvalue weighted by molar-refractivity contribution is 4.76. The van der Waals surface area contributed by atoms with Crippen LogP contribution in [0, 0.1) is 5.41 Å². The number of ether oxygens (including phenoxy) is 1. The molecule has 0 aromatic carbocycles.